The van der Waals surface area contributed by atoms with Gasteiger partial charge in [-0.15, -0.1) is 0 Å². The van der Waals surface area contributed by atoms with Gasteiger partial charge in [0.15, 0.2) is 0 Å². The van der Waals surface area contributed by atoms with Crippen molar-refractivity contribution < 1.29 is 5.11 Å². The highest BCUT2D eigenvalue weighted by Crippen LogP contribution is 2.31. The Balaban J connectivity index is 2.21. The van der Waals surface area contributed by atoms with Gasteiger partial charge in [0, 0.05) is 18.9 Å². The van der Waals surface area contributed by atoms with E-state index in [-0.39, 0.29) is 5.92 Å². The van der Waals surface area contributed by atoms with Gasteiger partial charge in [0.1, 0.15) is 12.2 Å². The lowest BCUT2D eigenvalue weighted by atomic mass is 9.80. The van der Waals surface area contributed by atoms with Crippen molar-refractivity contribution in [3.05, 3.63) is 48.0 Å². The smallest absolute Gasteiger partial charge is 0.138 e. The van der Waals surface area contributed by atoms with Gasteiger partial charge >= 0.3 is 0 Å². The second-order valence-electron chi connectivity index (χ2n) is 5.59. The summed E-state index contributed by atoms with van der Waals surface area (Å²) in [7, 11) is 0. The van der Waals surface area contributed by atoms with Crippen LogP contribution < -0.4 is 0 Å². The van der Waals surface area contributed by atoms with Gasteiger partial charge in [-0.05, 0) is 18.4 Å². The molecule has 4 nitrogen and oxygen atoms in total. The Morgan fingerprint density at radius 1 is 1.19 bits per heavy atom. The number of hydrogen-bond acceptors (Lipinski definition) is 3. The first kappa shape index (κ1) is 15.7. The van der Waals surface area contributed by atoms with Crippen LogP contribution in [0.15, 0.2) is 36.7 Å². The summed E-state index contributed by atoms with van der Waals surface area (Å²) >= 11 is 0. The minimum absolute atomic E-state index is 0.123. The van der Waals surface area contributed by atoms with Crippen molar-refractivity contribution in [2.45, 2.75) is 52.2 Å². The molecular formula is C17H25N3O. The highest BCUT2D eigenvalue weighted by Gasteiger charge is 2.27. The summed E-state index contributed by atoms with van der Waals surface area (Å²) < 4.78 is 1.85. The Hall–Kier alpha value is -1.68. The van der Waals surface area contributed by atoms with Gasteiger partial charge in [0.25, 0.3) is 0 Å². The van der Waals surface area contributed by atoms with Gasteiger partial charge in [-0.1, -0.05) is 50.6 Å². The van der Waals surface area contributed by atoms with Gasteiger partial charge in [-0.25, -0.2) is 4.98 Å². The fourth-order valence-electron chi connectivity index (χ4n) is 2.88. The second kappa shape index (κ2) is 7.36. The molecule has 0 saturated heterocycles. The Labute approximate surface area is 126 Å². The molecule has 1 aromatic carbocycles. The van der Waals surface area contributed by atoms with E-state index < -0.39 is 6.10 Å². The fourth-order valence-corrected chi connectivity index (χ4v) is 2.88. The molecule has 1 aromatic heterocycles. The summed E-state index contributed by atoms with van der Waals surface area (Å²) in [5.41, 5.74) is 1.20. The SMILES string of the molecule is CCC(C)C(c1ccccc1)C(O)Cc1ncnn1CC. The van der Waals surface area contributed by atoms with Gasteiger partial charge in [0.05, 0.1) is 6.10 Å². The molecule has 21 heavy (non-hydrogen) atoms. The van der Waals surface area contributed by atoms with Crippen LogP contribution in [0.2, 0.25) is 0 Å². The number of hydrogen-bond donors (Lipinski definition) is 1. The van der Waals surface area contributed by atoms with E-state index in [2.05, 4.69) is 36.1 Å². The summed E-state index contributed by atoms with van der Waals surface area (Å²) in [6, 6.07) is 10.3. The number of nitrogens with zero attached hydrogens (tertiary/aromatic N) is 3. The fraction of sp³-hybridized carbons (Fsp3) is 0.529. The standard InChI is InChI=1S/C17H25N3O/c1-4-13(3)17(14-9-7-6-8-10-14)15(21)11-16-18-12-19-20(16)5-2/h6-10,12-13,15,17,21H,4-5,11H2,1-3H3. The van der Waals surface area contributed by atoms with Crippen LogP contribution in [-0.4, -0.2) is 26.0 Å². The number of rotatable bonds is 7. The van der Waals surface area contributed by atoms with Crippen molar-refractivity contribution in [2.24, 2.45) is 5.92 Å². The molecule has 0 fully saturated rings. The molecule has 0 saturated carbocycles. The largest absolute Gasteiger partial charge is 0.392 e. The monoisotopic (exact) mass is 287 g/mol. The van der Waals surface area contributed by atoms with Gasteiger partial charge < -0.3 is 5.11 Å². The Morgan fingerprint density at radius 3 is 2.52 bits per heavy atom. The molecule has 0 radical (unpaired) electrons. The molecule has 2 aromatic rings. The molecule has 3 atom stereocenters. The van der Waals surface area contributed by atoms with E-state index in [9.17, 15) is 5.11 Å². The van der Waals surface area contributed by atoms with Crippen molar-refractivity contribution in [1.82, 2.24) is 14.8 Å². The molecular weight excluding hydrogens is 262 g/mol. The van der Waals surface area contributed by atoms with E-state index >= 15 is 0 Å². The maximum Gasteiger partial charge on any atom is 0.138 e. The molecule has 0 amide bonds. The number of benzene rings is 1. The third kappa shape index (κ3) is 3.70. The summed E-state index contributed by atoms with van der Waals surface area (Å²) in [6.45, 7) is 7.18. The van der Waals surface area contributed by atoms with Crippen molar-refractivity contribution in [1.29, 1.82) is 0 Å². The first-order valence-corrected chi connectivity index (χ1v) is 7.77. The van der Waals surface area contributed by atoms with E-state index in [1.54, 1.807) is 6.33 Å². The van der Waals surface area contributed by atoms with E-state index in [0.717, 1.165) is 18.8 Å². The topological polar surface area (TPSA) is 50.9 Å². The third-order valence-electron chi connectivity index (χ3n) is 4.24. The van der Waals surface area contributed by atoms with Crippen LogP contribution in [-0.2, 0) is 13.0 Å². The van der Waals surface area contributed by atoms with Crippen LogP contribution in [0.1, 0.15) is 44.5 Å². The first-order chi connectivity index (χ1) is 10.2. The molecule has 0 aliphatic rings. The first-order valence-electron chi connectivity index (χ1n) is 7.77. The minimum Gasteiger partial charge on any atom is -0.392 e. The lowest BCUT2D eigenvalue weighted by Crippen LogP contribution is -2.27. The molecule has 4 heteroatoms. The summed E-state index contributed by atoms with van der Waals surface area (Å²) in [5, 5.41) is 15.0. The number of aliphatic hydroxyl groups excluding tert-OH is 1. The second-order valence-corrected chi connectivity index (χ2v) is 5.59. The molecule has 0 bridgehead atoms. The Bertz CT molecular complexity index is 538. The summed E-state index contributed by atoms with van der Waals surface area (Å²) in [5.74, 6) is 1.40. The maximum absolute atomic E-state index is 10.8. The zero-order chi connectivity index (χ0) is 15.2. The Morgan fingerprint density at radius 2 is 1.90 bits per heavy atom. The molecule has 2 rings (SSSR count). The van der Waals surface area contributed by atoms with E-state index in [4.69, 9.17) is 0 Å². The Kier molecular flexibility index (Phi) is 5.51. The molecule has 1 heterocycles. The summed E-state index contributed by atoms with van der Waals surface area (Å²) in [4.78, 5) is 4.28. The summed E-state index contributed by atoms with van der Waals surface area (Å²) in [6.07, 6.45) is 2.69. The predicted molar refractivity (Wildman–Crippen MR) is 84.0 cm³/mol. The van der Waals surface area contributed by atoms with Crippen LogP contribution in [0.25, 0.3) is 0 Å². The van der Waals surface area contributed by atoms with Gasteiger partial charge in [0.2, 0.25) is 0 Å². The number of aromatic nitrogens is 3. The molecule has 0 aliphatic carbocycles. The quantitative estimate of drug-likeness (QED) is 0.851. The van der Waals surface area contributed by atoms with Crippen molar-refractivity contribution >= 4 is 0 Å². The number of aliphatic hydroxyl groups is 1. The predicted octanol–water partition coefficient (Wildman–Crippen LogP) is 3.03. The number of aryl methyl sites for hydroxylation is 1. The molecule has 114 valence electrons. The zero-order valence-corrected chi connectivity index (χ0v) is 13.1. The van der Waals surface area contributed by atoms with Crippen LogP contribution in [0.3, 0.4) is 0 Å². The zero-order valence-electron chi connectivity index (χ0n) is 13.1. The molecule has 0 aliphatic heterocycles. The highest BCUT2D eigenvalue weighted by molar-refractivity contribution is 5.22. The third-order valence-corrected chi connectivity index (χ3v) is 4.24. The van der Waals surface area contributed by atoms with Crippen molar-refractivity contribution in [2.75, 3.05) is 0 Å². The van der Waals surface area contributed by atoms with E-state index in [1.165, 1.54) is 5.56 Å². The van der Waals surface area contributed by atoms with Crippen LogP contribution in [0, 0.1) is 5.92 Å². The molecule has 1 N–H and O–H groups in total. The molecule has 3 unspecified atom stereocenters. The van der Waals surface area contributed by atoms with Crippen LogP contribution >= 0.6 is 0 Å². The minimum atomic E-state index is -0.447. The van der Waals surface area contributed by atoms with Crippen molar-refractivity contribution in [3.63, 3.8) is 0 Å². The normalized spacial score (nSPS) is 15.6. The average Bonchev–Trinajstić information content (AvgIpc) is 2.95. The van der Waals surface area contributed by atoms with Gasteiger partial charge in [-0.2, -0.15) is 5.10 Å². The van der Waals surface area contributed by atoms with Crippen LogP contribution in [0.4, 0.5) is 0 Å². The highest BCUT2D eigenvalue weighted by atomic mass is 16.3. The van der Waals surface area contributed by atoms with Crippen LogP contribution in [0.5, 0.6) is 0 Å². The lowest BCUT2D eigenvalue weighted by Gasteiger charge is -2.28. The molecule has 0 spiro atoms. The van der Waals surface area contributed by atoms with E-state index in [1.807, 2.05) is 29.8 Å². The van der Waals surface area contributed by atoms with Gasteiger partial charge in [-0.3, -0.25) is 4.68 Å². The van der Waals surface area contributed by atoms with Crippen molar-refractivity contribution in [3.8, 4) is 0 Å². The lowest BCUT2D eigenvalue weighted by molar-refractivity contribution is 0.114. The maximum atomic E-state index is 10.8. The average molecular weight is 287 g/mol. The van der Waals surface area contributed by atoms with E-state index in [0.29, 0.717) is 12.3 Å².